The molecule has 27 heavy (non-hydrogen) atoms. The van der Waals surface area contributed by atoms with Crippen LogP contribution in [0.15, 0.2) is 90.0 Å². The van der Waals surface area contributed by atoms with Gasteiger partial charge < -0.3 is 0 Å². The lowest BCUT2D eigenvalue weighted by atomic mass is 10.0. The van der Waals surface area contributed by atoms with E-state index >= 15 is 0 Å². The van der Waals surface area contributed by atoms with E-state index in [0.717, 1.165) is 17.7 Å². The second kappa shape index (κ2) is 7.58. The first-order chi connectivity index (χ1) is 13.2. The van der Waals surface area contributed by atoms with Crippen molar-refractivity contribution in [3.8, 4) is 11.1 Å². The normalized spacial score (nSPS) is 18.8. The number of carbonyl (C=O) groups excluding carboxylic acids is 1. The van der Waals surface area contributed by atoms with Crippen molar-refractivity contribution in [3.63, 3.8) is 0 Å². The fourth-order valence-electron chi connectivity index (χ4n) is 3.37. The molecule has 0 radical (unpaired) electrons. The molecule has 3 nitrogen and oxygen atoms in total. The zero-order valence-corrected chi connectivity index (χ0v) is 15.3. The van der Waals surface area contributed by atoms with Crippen molar-refractivity contribution in [2.45, 2.75) is 19.3 Å². The van der Waals surface area contributed by atoms with Crippen LogP contribution in [0.5, 0.6) is 0 Å². The summed E-state index contributed by atoms with van der Waals surface area (Å²) >= 11 is 0. The van der Waals surface area contributed by atoms with Crippen molar-refractivity contribution in [1.82, 2.24) is 5.43 Å². The van der Waals surface area contributed by atoms with Crippen molar-refractivity contribution in [2.75, 3.05) is 0 Å². The van der Waals surface area contributed by atoms with E-state index in [9.17, 15) is 4.79 Å². The van der Waals surface area contributed by atoms with E-state index in [1.54, 1.807) is 0 Å². The van der Waals surface area contributed by atoms with Gasteiger partial charge in [-0.25, -0.2) is 5.43 Å². The molecule has 0 bridgehead atoms. The van der Waals surface area contributed by atoms with Gasteiger partial charge in [-0.1, -0.05) is 84.9 Å². The summed E-state index contributed by atoms with van der Waals surface area (Å²) in [5, 5.41) is 4.30. The maximum absolute atomic E-state index is 12.3. The van der Waals surface area contributed by atoms with Gasteiger partial charge in [0.2, 0.25) is 5.91 Å². The fraction of sp³-hybridized carbons (Fsp3) is 0.167. The van der Waals surface area contributed by atoms with E-state index in [2.05, 4.69) is 46.9 Å². The third-order valence-corrected chi connectivity index (χ3v) is 5.10. The van der Waals surface area contributed by atoms with Crippen LogP contribution < -0.4 is 5.43 Å². The van der Waals surface area contributed by atoms with Crippen LogP contribution in [0.2, 0.25) is 0 Å². The highest BCUT2D eigenvalue weighted by atomic mass is 16.2. The fourth-order valence-corrected chi connectivity index (χ4v) is 3.37. The van der Waals surface area contributed by atoms with Crippen LogP contribution in [-0.2, 0) is 4.79 Å². The van der Waals surface area contributed by atoms with E-state index in [1.807, 2.05) is 55.5 Å². The molecule has 1 N–H and O–H groups in total. The Morgan fingerprint density at radius 1 is 0.852 bits per heavy atom. The summed E-state index contributed by atoms with van der Waals surface area (Å²) < 4.78 is 0. The quantitative estimate of drug-likeness (QED) is 0.508. The summed E-state index contributed by atoms with van der Waals surface area (Å²) in [5.74, 6) is 0.361. The highest BCUT2D eigenvalue weighted by Gasteiger charge is 2.43. The number of nitrogens with zero attached hydrogens (tertiary/aromatic N) is 1. The highest BCUT2D eigenvalue weighted by Crippen LogP contribution is 2.47. The molecule has 3 heteroatoms. The lowest BCUT2D eigenvalue weighted by Gasteiger charge is -2.05. The standard InChI is InChI=1S/C24H22N2O/c1-17(18-12-14-20(15-13-18)19-8-4-2-5-9-19)25-26-24(27)23-16-22(23)21-10-6-3-7-11-21/h2-15,22-23H,16H2,1H3,(H,26,27). The summed E-state index contributed by atoms with van der Waals surface area (Å²) in [6.07, 6.45) is 0.899. The Labute approximate surface area is 159 Å². The van der Waals surface area contributed by atoms with Crippen molar-refractivity contribution >= 4 is 11.6 Å². The topological polar surface area (TPSA) is 41.5 Å². The van der Waals surface area contributed by atoms with E-state index in [-0.39, 0.29) is 11.8 Å². The Bertz CT molecular complexity index is 947. The van der Waals surface area contributed by atoms with Crippen LogP contribution in [0, 0.1) is 5.92 Å². The molecule has 0 aliphatic heterocycles. The summed E-state index contributed by atoms with van der Waals surface area (Å²) in [6, 6.07) is 28.7. The van der Waals surface area contributed by atoms with E-state index in [0.29, 0.717) is 5.92 Å². The van der Waals surface area contributed by atoms with Crippen LogP contribution in [0.25, 0.3) is 11.1 Å². The molecule has 0 saturated heterocycles. The number of benzene rings is 3. The molecule has 1 fully saturated rings. The lowest BCUT2D eigenvalue weighted by molar-refractivity contribution is -0.122. The van der Waals surface area contributed by atoms with Crippen LogP contribution in [0.1, 0.15) is 30.4 Å². The number of hydrazone groups is 1. The van der Waals surface area contributed by atoms with Gasteiger partial charge in [-0.2, -0.15) is 5.10 Å². The predicted octanol–water partition coefficient (Wildman–Crippen LogP) is 5.00. The van der Waals surface area contributed by atoms with Gasteiger partial charge >= 0.3 is 0 Å². The van der Waals surface area contributed by atoms with Crippen molar-refractivity contribution in [1.29, 1.82) is 0 Å². The van der Waals surface area contributed by atoms with Crippen LogP contribution in [-0.4, -0.2) is 11.6 Å². The zero-order valence-electron chi connectivity index (χ0n) is 15.3. The molecule has 4 rings (SSSR count). The minimum atomic E-state index is 0.00380. The molecule has 2 unspecified atom stereocenters. The molecule has 0 heterocycles. The summed E-state index contributed by atoms with van der Waals surface area (Å²) in [6.45, 7) is 1.92. The van der Waals surface area contributed by atoms with Crippen LogP contribution in [0.4, 0.5) is 0 Å². The Hall–Kier alpha value is -3.20. The first-order valence-electron chi connectivity index (χ1n) is 9.27. The van der Waals surface area contributed by atoms with Gasteiger partial charge in [0.25, 0.3) is 0 Å². The average molecular weight is 354 g/mol. The Morgan fingerprint density at radius 3 is 2.11 bits per heavy atom. The molecular weight excluding hydrogens is 332 g/mol. The minimum absolute atomic E-state index is 0.00380. The van der Waals surface area contributed by atoms with E-state index in [1.165, 1.54) is 16.7 Å². The summed E-state index contributed by atoms with van der Waals surface area (Å²) in [4.78, 5) is 12.3. The Kier molecular flexibility index (Phi) is 4.84. The maximum atomic E-state index is 12.3. The number of hydrogen-bond acceptors (Lipinski definition) is 2. The molecule has 1 aliphatic carbocycles. The predicted molar refractivity (Wildman–Crippen MR) is 110 cm³/mol. The highest BCUT2D eigenvalue weighted by molar-refractivity contribution is 5.99. The maximum Gasteiger partial charge on any atom is 0.243 e. The minimum Gasteiger partial charge on any atom is -0.273 e. The lowest BCUT2D eigenvalue weighted by Crippen LogP contribution is -2.21. The van der Waals surface area contributed by atoms with Gasteiger partial charge in [0, 0.05) is 5.92 Å². The molecule has 3 aromatic carbocycles. The Morgan fingerprint density at radius 2 is 1.44 bits per heavy atom. The van der Waals surface area contributed by atoms with Gasteiger partial charge in [-0.15, -0.1) is 0 Å². The zero-order chi connectivity index (χ0) is 18.6. The largest absolute Gasteiger partial charge is 0.273 e. The number of carbonyl (C=O) groups is 1. The summed E-state index contributed by atoms with van der Waals surface area (Å²) in [7, 11) is 0. The van der Waals surface area contributed by atoms with Gasteiger partial charge in [-0.3, -0.25) is 4.79 Å². The average Bonchev–Trinajstić information content (AvgIpc) is 3.54. The number of hydrogen-bond donors (Lipinski definition) is 1. The number of rotatable bonds is 5. The van der Waals surface area contributed by atoms with E-state index < -0.39 is 0 Å². The van der Waals surface area contributed by atoms with E-state index in [4.69, 9.17) is 0 Å². The van der Waals surface area contributed by atoms with Gasteiger partial charge in [0.15, 0.2) is 0 Å². The first kappa shape index (κ1) is 17.2. The molecule has 1 aliphatic rings. The van der Waals surface area contributed by atoms with Crippen molar-refractivity contribution < 1.29 is 4.79 Å². The molecule has 1 saturated carbocycles. The van der Waals surface area contributed by atoms with Crippen LogP contribution in [0.3, 0.4) is 0 Å². The molecule has 1 amide bonds. The van der Waals surface area contributed by atoms with Crippen molar-refractivity contribution in [3.05, 3.63) is 96.1 Å². The number of amides is 1. The van der Waals surface area contributed by atoms with Crippen molar-refractivity contribution in [2.24, 2.45) is 11.0 Å². The SMILES string of the molecule is CC(=NNC(=O)C1CC1c1ccccc1)c1ccc(-c2ccccc2)cc1. The molecule has 2 atom stereocenters. The Balaban J connectivity index is 1.38. The van der Waals surface area contributed by atoms with Gasteiger partial charge in [0.05, 0.1) is 5.71 Å². The molecular formula is C24H22N2O. The molecule has 0 spiro atoms. The van der Waals surface area contributed by atoms with Gasteiger partial charge in [0.1, 0.15) is 0 Å². The second-order valence-corrected chi connectivity index (χ2v) is 6.98. The smallest absolute Gasteiger partial charge is 0.243 e. The molecule has 3 aromatic rings. The number of nitrogens with one attached hydrogen (secondary N) is 1. The third-order valence-electron chi connectivity index (χ3n) is 5.10. The third kappa shape index (κ3) is 3.98. The molecule has 0 aromatic heterocycles. The second-order valence-electron chi connectivity index (χ2n) is 6.98. The molecule has 134 valence electrons. The first-order valence-corrected chi connectivity index (χ1v) is 9.27. The summed E-state index contributed by atoms with van der Waals surface area (Å²) in [5.41, 5.74) is 8.13. The van der Waals surface area contributed by atoms with Gasteiger partial charge in [-0.05, 0) is 41.5 Å². The monoisotopic (exact) mass is 354 g/mol. The van der Waals surface area contributed by atoms with Crippen LogP contribution >= 0.6 is 0 Å².